The molecule has 0 aliphatic carbocycles. The van der Waals surface area contributed by atoms with E-state index in [2.05, 4.69) is 52.1 Å². The van der Waals surface area contributed by atoms with Crippen LogP contribution in [0.3, 0.4) is 0 Å². The van der Waals surface area contributed by atoms with Gasteiger partial charge in [0.25, 0.3) is 0 Å². The van der Waals surface area contributed by atoms with E-state index in [9.17, 15) is 0 Å². The average Bonchev–Trinajstić information content (AvgIpc) is 2.93. The molecule has 18 heavy (non-hydrogen) atoms. The number of ether oxygens (including phenoxy) is 1. The van der Waals surface area contributed by atoms with E-state index in [0.29, 0.717) is 0 Å². The van der Waals surface area contributed by atoms with E-state index in [1.54, 1.807) is 11.3 Å². The van der Waals surface area contributed by atoms with Crippen LogP contribution in [0.4, 0.5) is 0 Å². The van der Waals surface area contributed by atoms with Gasteiger partial charge in [0, 0.05) is 19.6 Å². The van der Waals surface area contributed by atoms with Crippen LogP contribution in [0.15, 0.2) is 47.2 Å². The van der Waals surface area contributed by atoms with Crippen molar-refractivity contribution in [1.29, 1.82) is 0 Å². The molecule has 2 aromatic rings. The summed E-state index contributed by atoms with van der Waals surface area (Å²) in [6.45, 7) is 3.87. The number of benzene rings is 1. The molecule has 0 unspecified atom stereocenters. The van der Waals surface area contributed by atoms with Gasteiger partial charge in [0.1, 0.15) is 0 Å². The van der Waals surface area contributed by atoms with Crippen molar-refractivity contribution in [3.63, 3.8) is 0 Å². The van der Waals surface area contributed by atoms with Crippen LogP contribution >= 0.6 is 11.3 Å². The normalized spacial score (nSPS) is 21.0. The molecule has 3 rings (SSSR count). The van der Waals surface area contributed by atoms with E-state index in [4.69, 9.17) is 4.74 Å². The third-order valence-corrected chi connectivity index (χ3v) is 4.04. The predicted octanol–water partition coefficient (Wildman–Crippen LogP) is 3.32. The summed E-state index contributed by atoms with van der Waals surface area (Å²) in [4.78, 5) is 2.48. The molecule has 3 heteroatoms. The molecule has 0 amide bonds. The highest BCUT2D eigenvalue weighted by atomic mass is 32.1. The highest BCUT2D eigenvalue weighted by Gasteiger charge is 2.21. The lowest BCUT2D eigenvalue weighted by molar-refractivity contribution is -0.0328. The smallest absolute Gasteiger partial charge is 0.0952 e. The van der Waals surface area contributed by atoms with Gasteiger partial charge >= 0.3 is 0 Å². The fourth-order valence-corrected chi connectivity index (χ4v) is 3.02. The van der Waals surface area contributed by atoms with Crippen LogP contribution in [0.2, 0.25) is 0 Å². The quantitative estimate of drug-likeness (QED) is 0.838. The van der Waals surface area contributed by atoms with Crippen molar-refractivity contribution < 1.29 is 4.74 Å². The van der Waals surface area contributed by atoms with Crippen LogP contribution in [-0.2, 0) is 11.3 Å². The second-order valence-electron chi connectivity index (χ2n) is 4.64. The number of nitrogens with zero attached hydrogens (tertiary/aromatic N) is 1. The number of thiophene rings is 1. The standard InChI is InChI=1S/C15H17NOS/c1-2-4-14(5-3-1)15-11-16(7-8-17-15)10-13-6-9-18-12-13/h1-6,9,12,15H,7-8,10-11H2/t15-/m1/s1. The van der Waals surface area contributed by atoms with Crippen LogP contribution in [0.25, 0.3) is 0 Å². The fraction of sp³-hybridized carbons (Fsp3) is 0.333. The zero-order valence-electron chi connectivity index (χ0n) is 10.3. The fourth-order valence-electron chi connectivity index (χ4n) is 2.36. The Labute approximate surface area is 112 Å². The zero-order chi connectivity index (χ0) is 12.2. The summed E-state index contributed by atoms with van der Waals surface area (Å²) >= 11 is 1.77. The number of hydrogen-bond acceptors (Lipinski definition) is 3. The molecule has 1 fully saturated rings. The van der Waals surface area contributed by atoms with E-state index in [0.717, 1.165) is 26.2 Å². The number of hydrogen-bond donors (Lipinski definition) is 0. The maximum atomic E-state index is 5.87. The first-order valence-corrected chi connectivity index (χ1v) is 7.26. The molecule has 1 atom stereocenters. The highest BCUT2D eigenvalue weighted by Crippen LogP contribution is 2.23. The van der Waals surface area contributed by atoms with Crippen molar-refractivity contribution in [1.82, 2.24) is 4.90 Å². The van der Waals surface area contributed by atoms with Crippen molar-refractivity contribution in [3.8, 4) is 0 Å². The number of rotatable bonds is 3. The molecule has 94 valence electrons. The van der Waals surface area contributed by atoms with E-state index >= 15 is 0 Å². The highest BCUT2D eigenvalue weighted by molar-refractivity contribution is 7.07. The Hall–Kier alpha value is -1.16. The lowest BCUT2D eigenvalue weighted by Gasteiger charge is -2.33. The summed E-state index contributed by atoms with van der Waals surface area (Å²) in [5.41, 5.74) is 2.70. The van der Waals surface area contributed by atoms with Crippen molar-refractivity contribution in [2.45, 2.75) is 12.6 Å². The van der Waals surface area contributed by atoms with Gasteiger partial charge in [-0.15, -0.1) is 0 Å². The molecule has 1 aromatic carbocycles. The third kappa shape index (κ3) is 2.80. The Balaban J connectivity index is 1.65. The first kappa shape index (κ1) is 11.9. The molecule has 0 radical (unpaired) electrons. The largest absolute Gasteiger partial charge is 0.371 e. The topological polar surface area (TPSA) is 12.5 Å². The summed E-state index contributed by atoms with van der Waals surface area (Å²) in [7, 11) is 0. The van der Waals surface area contributed by atoms with Crippen LogP contribution in [0.5, 0.6) is 0 Å². The molecule has 0 bridgehead atoms. The summed E-state index contributed by atoms with van der Waals surface area (Å²) in [5.74, 6) is 0. The molecular formula is C15H17NOS. The van der Waals surface area contributed by atoms with E-state index in [1.807, 2.05) is 0 Å². The van der Waals surface area contributed by atoms with Gasteiger partial charge in [-0.1, -0.05) is 30.3 Å². The Kier molecular flexibility index (Phi) is 3.74. The lowest BCUT2D eigenvalue weighted by atomic mass is 10.1. The van der Waals surface area contributed by atoms with Gasteiger partial charge in [-0.3, -0.25) is 4.90 Å². The minimum atomic E-state index is 0.221. The minimum Gasteiger partial charge on any atom is -0.371 e. The molecule has 2 heterocycles. The second kappa shape index (κ2) is 5.65. The van der Waals surface area contributed by atoms with Gasteiger partial charge in [0.05, 0.1) is 12.7 Å². The van der Waals surface area contributed by atoms with Crippen molar-refractivity contribution in [2.24, 2.45) is 0 Å². The first-order chi connectivity index (χ1) is 8.92. The molecule has 1 aliphatic heterocycles. The summed E-state index contributed by atoms with van der Waals surface area (Å²) in [6.07, 6.45) is 0.221. The van der Waals surface area contributed by atoms with Gasteiger partial charge in [0.15, 0.2) is 0 Å². The van der Waals surface area contributed by atoms with Crippen molar-refractivity contribution in [2.75, 3.05) is 19.7 Å². The monoisotopic (exact) mass is 259 g/mol. The van der Waals surface area contributed by atoms with Gasteiger partial charge in [-0.05, 0) is 28.0 Å². The molecule has 0 N–H and O–H groups in total. The minimum absolute atomic E-state index is 0.221. The maximum absolute atomic E-state index is 5.87. The molecule has 0 saturated carbocycles. The van der Waals surface area contributed by atoms with Crippen LogP contribution in [-0.4, -0.2) is 24.6 Å². The predicted molar refractivity (Wildman–Crippen MR) is 74.7 cm³/mol. The molecule has 1 aromatic heterocycles. The summed E-state index contributed by atoms with van der Waals surface area (Å²) in [5, 5.41) is 4.37. The van der Waals surface area contributed by atoms with Gasteiger partial charge < -0.3 is 4.74 Å². The summed E-state index contributed by atoms with van der Waals surface area (Å²) < 4.78 is 5.87. The SMILES string of the molecule is c1ccc([C@H]2CN(Cc3ccsc3)CCO2)cc1. The van der Waals surface area contributed by atoms with Crippen LogP contribution in [0.1, 0.15) is 17.2 Å². The molecular weight excluding hydrogens is 242 g/mol. The Morgan fingerprint density at radius 2 is 2.11 bits per heavy atom. The van der Waals surface area contributed by atoms with Gasteiger partial charge in [-0.25, -0.2) is 0 Å². The second-order valence-corrected chi connectivity index (χ2v) is 5.42. The Bertz CT molecular complexity index is 469. The maximum Gasteiger partial charge on any atom is 0.0952 e. The van der Waals surface area contributed by atoms with E-state index in [-0.39, 0.29) is 6.10 Å². The third-order valence-electron chi connectivity index (χ3n) is 3.31. The van der Waals surface area contributed by atoms with Gasteiger partial charge in [-0.2, -0.15) is 11.3 Å². The van der Waals surface area contributed by atoms with Crippen LogP contribution in [0, 0.1) is 0 Å². The first-order valence-electron chi connectivity index (χ1n) is 6.32. The zero-order valence-corrected chi connectivity index (χ0v) is 11.1. The lowest BCUT2D eigenvalue weighted by Crippen LogP contribution is -2.37. The van der Waals surface area contributed by atoms with E-state index in [1.165, 1.54) is 11.1 Å². The Morgan fingerprint density at radius 1 is 1.22 bits per heavy atom. The van der Waals surface area contributed by atoms with Crippen molar-refractivity contribution in [3.05, 3.63) is 58.3 Å². The number of morpholine rings is 1. The average molecular weight is 259 g/mol. The molecule has 0 spiro atoms. The van der Waals surface area contributed by atoms with Crippen molar-refractivity contribution >= 4 is 11.3 Å². The Morgan fingerprint density at radius 3 is 2.89 bits per heavy atom. The van der Waals surface area contributed by atoms with E-state index < -0.39 is 0 Å². The summed E-state index contributed by atoms with van der Waals surface area (Å²) in [6, 6.07) is 12.7. The molecule has 2 nitrogen and oxygen atoms in total. The molecule has 1 saturated heterocycles. The molecule has 1 aliphatic rings. The van der Waals surface area contributed by atoms with Gasteiger partial charge in [0.2, 0.25) is 0 Å². The van der Waals surface area contributed by atoms with Crippen LogP contribution < -0.4 is 0 Å².